The summed E-state index contributed by atoms with van der Waals surface area (Å²) in [7, 11) is 0. The van der Waals surface area contributed by atoms with Crippen LogP contribution < -0.4 is 0 Å². The molecule has 0 radical (unpaired) electrons. The van der Waals surface area contributed by atoms with Gasteiger partial charge in [-0.3, -0.25) is 4.79 Å². The first-order chi connectivity index (χ1) is 11.5. The van der Waals surface area contributed by atoms with Gasteiger partial charge in [-0.05, 0) is 35.6 Å². The molecule has 0 saturated carbocycles. The van der Waals surface area contributed by atoms with Gasteiger partial charge in [0.15, 0.2) is 0 Å². The van der Waals surface area contributed by atoms with Crippen LogP contribution in [-0.2, 0) is 23.2 Å². The molecule has 1 aromatic carbocycles. The molecule has 1 aromatic rings. The first kappa shape index (κ1) is 16.9. The number of carbonyl (C=O) groups is 2. The maximum atomic E-state index is 12.6. The van der Waals surface area contributed by atoms with Crippen molar-refractivity contribution in [3.8, 4) is 0 Å². The Balaban J connectivity index is 1.86. The summed E-state index contributed by atoms with van der Waals surface area (Å²) in [4.78, 5) is 25.4. The maximum absolute atomic E-state index is 12.6. The van der Waals surface area contributed by atoms with Crippen LogP contribution in [0, 0.1) is 0 Å². The molecular formula is C17H20N2O4S. The Bertz CT molecular complexity index is 731. The summed E-state index contributed by atoms with van der Waals surface area (Å²) in [6, 6.07) is 4.97. The molecule has 1 unspecified atom stereocenters. The molecule has 6 nitrogen and oxygen atoms in total. The fraction of sp³-hybridized carbons (Fsp3) is 0.412. The van der Waals surface area contributed by atoms with Crippen LogP contribution in [0.1, 0.15) is 41.3 Å². The van der Waals surface area contributed by atoms with Crippen LogP contribution in [0.25, 0.3) is 5.57 Å². The highest BCUT2D eigenvalue weighted by Gasteiger charge is 2.35. The second-order valence-corrected chi connectivity index (χ2v) is 6.77. The van der Waals surface area contributed by atoms with Gasteiger partial charge in [0, 0.05) is 25.2 Å². The number of carbonyl (C=O) groups excluding carboxylic acids is 1. The maximum Gasteiger partial charge on any atom is 0.326 e. The summed E-state index contributed by atoms with van der Waals surface area (Å²) >= 11 is 0.0319. The number of benzene rings is 1. The van der Waals surface area contributed by atoms with E-state index in [0.29, 0.717) is 31.6 Å². The Morgan fingerprint density at radius 1 is 1.42 bits per heavy atom. The highest BCUT2D eigenvalue weighted by molar-refractivity contribution is 7.63. The number of hydrogen-bond donors (Lipinski definition) is 2. The van der Waals surface area contributed by atoms with Crippen LogP contribution in [0.3, 0.4) is 0 Å². The van der Waals surface area contributed by atoms with Gasteiger partial charge in [0.1, 0.15) is 6.04 Å². The van der Waals surface area contributed by atoms with Crippen molar-refractivity contribution >= 4 is 29.3 Å². The van der Waals surface area contributed by atoms with Crippen molar-refractivity contribution in [2.75, 3.05) is 13.1 Å². The average molecular weight is 348 g/mol. The Kier molecular flexibility index (Phi) is 4.82. The number of aliphatic carboxylic acids is 1. The molecule has 24 heavy (non-hydrogen) atoms. The molecule has 7 heteroatoms. The van der Waals surface area contributed by atoms with Crippen LogP contribution in [0.2, 0.25) is 0 Å². The number of nitrogens with zero attached hydrogens (tertiary/aromatic N) is 2. The molecule has 0 spiro atoms. The minimum absolute atomic E-state index is 0.0319. The zero-order valence-electron chi connectivity index (χ0n) is 13.4. The van der Waals surface area contributed by atoms with Crippen molar-refractivity contribution in [2.45, 2.75) is 32.4 Å². The minimum atomic E-state index is -0.967. The fourth-order valence-corrected chi connectivity index (χ4v) is 3.63. The van der Waals surface area contributed by atoms with E-state index in [4.69, 9.17) is 0 Å². The standard InChI is InChI=1S/C17H20N2O4S/c1-2-15(17(21)22)19-10-13-4-3-12(9-14(13)16(19)20)11-5-7-18(24-23)8-6-11/h3-5,9,15,24H,2,6-8,10H2,1H3,(H,21,22). The second kappa shape index (κ2) is 6.86. The van der Waals surface area contributed by atoms with Gasteiger partial charge in [-0.1, -0.05) is 25.1 Å². The van der Waals surface area contributed by atoms with E-state index in [-0.39, 0.29) is 17.8 Å². The Morgan fingerprint density at radius 2 is 2.21 bits per heavy atom. The van der Waals surface area contributed by atoms with Gasteiger partial charge in [-0.25, -0.2) is 13.3 Å². The Hall–Kier alpha value is -1.99. The van der Waals surface area contributed by atoms with Crippen molar-refractivity contribution in [3.05, 3.63) is 41.0 Å². The molecule has 3 rings (SSSR count). The number of carboxylic acid groups (broad SMARTS) is 1. The molecule has 2 aliphatic rings. The molecule has 2 aliphatic heterocycles. The molecule has 0 aromatic heterocycles. The van der Waals surface area contributed by atoms with E-state index >= 15 is 0 Å². The summed E-state index contributed by atoms with van der Waals surface area (Å²) in [6.07, 6.45) is 3.19. The highest BCUT2D eigenvalue weighted by Crippen LogP contribution is 2.30. The fourth-order valence-electron chi connectivity index (χ4n) is 3.30. The zero-order chi connectivity index (χ0) is 17.3. The van der Waals surface area contributed by atoms with Crippen LogP contribution >= 0.6 is 0 Å². The van der Waals surface area contributed by atoms with E-state index in [0.717, 1.165) is 23.1 Å². The lowest BCUT2D eigenvalue weighted by molar-refractivity contribution is -0.142. The number of amides is 1. The molecule has 0 aliphatic carbocycles. The van der Waals surface area contributed by atoms with Gasteiger partial charge in [0.05, 0.1) is 11.9 Å². The molecular weight excluding hydrogens is 328 g/mol. The van der Waals surface area contributed by atoms with Crippen LogP contribution in [0.15, 0.2) is 24.3 Å². The number of fused-ring (bicyclic) bond motifs is 1. The minimum Gasteiger partial charge on any atom is -0.480 e. The monoisotopic (exact) mass is 348 g/mol. The summed E-state index contributed by atoms with van der Waals surface area (Å²) in [5.74, 6) is -1.18. The van der Waals surface area contributed by atoms with E-state index in [1.54, 1.807) is 11.2 Å². The number of rotatable bonds is 5. The summed E-state index contributed by atoms with van der Waals surface area (Å²) in [5.41, 5.74) is 3.58. The normalized spacial score (nSPS) is 19.1. The van der Waals surface area contributed by atoms with E-state index < -0.39 is 12.0 Å². The predicted octanol–water partition coefficient (Wildman–Crippen LogP) is 1.46. The molecule has 0 fully saturated rings. The summed E-state index contributed by atoms with van der Waals surface area (Å²) < 4.78 is 12.7. The quantitative estimate of drug-likeness (QED) is 0.790. The Morgan fingerprint density at radius 3 is 2.79 bits per heavy atom. The van der Waals surface area contributed by atoms with E-state index in [2.05, 4.69) is 0 Å². The molecule has 1 amide bonds. The largest absolute Gasteiger partial charge is 0.480 e. The smallest absolute Gasteiger partial charge is 0.326 e. The zero-order valence-corrected chi connectivity index (χ0v) is 14.3. The van der Waals surface area contributed by atoms with E-state index in [1.807, 2.05) is 24.3 Å². The lowest BCUT2D eigenvalue weighted by Gasteiger charge is -2.22. The van der Waals surface area contributed by atoms with Gasteiger partial charge < -0.3 is 10.0 Å². The molecule has 128 valence electrons. The van der Waals surface area contributed by atoms with Crippen molar-refractivity contribution in [2.24, 2.45) is 0 Å². The predicted molar refractivity (Wildman–Crippen MR) is 91.7 cm³/mol. The molecule has 2 heterocycles. The number of thiol groups is 1. The van der Waals surface area contributed by atoms with Crippen LogP contribution in [0.4, 0.5) is 0 Å². The van der Waals surface area contributed by atoms with E-state index in [1.165, 1.54) is 4.90 Å². The van der Waals surface area contributed by atoms with Crippen molar-refractivity contribution in [1.29, 1.82) is 0 Å². The van der Waals surface area contributed by atoms with E-state index in [9.17, 15) is 18.9 Å². The third-order valence-corrected chi connectivity index (χ3v) is 5.26. The van der Waals surface area contributed by atoms with Crippen molar-refractivity contribution in [1.82, 2.24) is 9.21 Å². The molecule has 1 N–H and O–H groups in total. The lowest BCUT2D eigenvalue weighted by atomic mass is 9.97. The van der Waals surface area contributed by atoms with Gasteiger partial charge in [0.2, 0.25) is 0 Å². The van der Waals surface area contributed by atoms with Crippen LogP contribution in [0.5, 0.6) is 0 Å². The summed E-state index contributed by atoms with van der Waals surface area (Å²) in [5, 5.41) is 9.30. The topological polar surface area (TPSA) is 77.9 Å². The third-order valence-electron chi connectivity index (χ3n) is 4.66. The second-order valence-electron chi connectivity index (χ2n) is 6.04. The first-order valence-electron chi connectivity index (χ1n) is 7.99. The van der Waals surface area contributed by atoms with Gasteiger partial charge >= 0.3 is 5.97 Å². The third kappa shape index (κ3) is 3.01. The SMILES string of the molecule is CCC(C(=O)O)N1Cc2ccc(C3=CCN([SH]=O)CC3)cc2C1=O. The molecule has 1 atom stereocenters. The van der Waals surface area contributed by atoms with Gasteiger partial charge in [0.25, 0.3) is 5.91 Å². The highest BCUT2D eigenvalue weighted by atomic mass is 32.2. The van der Waals surface area contributed by atoms with Crippen molar-refractivity contribution in [3.63, 3.8) is 0 Å². The number of carboxylic acids is 1. The molecule has 0 bridgehead atoms. The average Bonchev–Trinajstić information content (AvgIpc) is 2.92. The first-order valence-corrected chi connectivity index (χ1v) is 8.76. The van der Waals surface area contributed by atoms with Gasteiger partial charge in [-0.15, -0.1) is 0 Å². The lowest BCUT2D eigenvalue weighted by Crippen LogP contribution is -2.40. The summed E-state index contributed by atoms with van der Waals surface area (Å²) in [6.45, 7) is 3.45. The van der Waals surface area contributed by atoms with Crippen molar-refractivity contribution < 1.29 is 18.9 Å². The Labute approximate surface area is 144 Å². The molecule has 0 saturated heterocycles. The van der Waals surface area contributed by atoms with Gasteiger partial charge in [-0.2, -0.15) is 0 Å². The van der Waals surface area contributed by atoms with Crippen LogP contribution in [-0.4, -0.2) is 49.5 Å². The number of hydrogen-bond acceptors (Lipinski definition) is 3.